The van der Waals surface area contributed by atoms with E-state index in [0.717, 1.165) is 5.56 Å². The molecule has 1 heterocycles. The van der Waals surface area contributed by atoms with Crippen LogP contribution in [0.5, 0.6) is 11.5 Å². The average Bonchev–Trinajstić information content (AvgIpc) is 2.78. The molecule has 1 atom stereocenters. The number of benzene rings is 2. The summed E-state index contributed by atoms with van der Waals surface area (Å²) in [4.78, 5) is 39.2. The first-order chi connectivity index (χ1) is 15.3. The van der Waals surface area contributed by atoms with Gasteiger partial charge in [0.05, 0.1) is 19.1 Å². The molecule has 2 aliphatic rings. The van der Waals surface area contributed by atoms with E-state index in [-0.39, 0.29) is 29.5 Å². The molecule has 1 unspecified atom stereocenters. The Bertz CT molecular complexity index is 1150. The van der Waals surface area contributed by atoms with E-state index in [4.69, 9.17) is 9.47 Å². The van der Waals surface area contributed by atoms with Gasteiger partial charge in [-0.3, -0.25) is 24.6 Å². The maximum absolute atomic E-state index is 13.4. The number of hydrogen-bond acceptors (Lipinski definition) is 6. The van der Waals surface area contributed by atoms with E-state index in [1.165, 1.54) is 18.1 Å². The van der Waals surface area contributed by atoms with Crippen molar-refractivity contribution in [2.75, 3.05) is 19.1 Å². The summed E-state index contributed by atoms with van der Waals surface area (Å²) < 4.78 is 10.9. The zero-order chi connectivity index (χ0) is 23.0. The Morgan fingerprint density at radius 2 is 1.84 bits per heavy atom. The number of Topliss-reactive ketones (excluding diaryl/α,β-unsaturated/α-hetero) is 1. The second-order valence-corrected chi connectivity index (χ2v) is 7.98. The molecule has 0 N–H and O–H groups in total. The van der Waals surface area contributed by atoms with Crippen LogP contribution in [0.15, 0.2) is 47.7 Å². The Labute approximate surface area is 185 Å². The van der Waals surface area contributed by atoms with Crippen LogP contribution >= 0.6 is 0 Å². The first-order valence-electron chi connectivity index (χ1n) is 10.4. The third-order valence-electron chi connectivity index (χ3n) is 6.06. The average molecular weight is 436 g/mol. The molecule has 166 valence electrons. The summed E-state index contributed by atoms with van der Waals surface area (Å²) in [6.07, 6.45) is 1.45. The second kappa shape index (κ2) is 8.45. The molecule has 8 nitrogen and oxygen atoms in total. The molecule has 0 fully saturated rings. The van der Waals surface area contributed by atoms with Gasteiger partial charge < -0.3 is 9.47 Å². The van der Waals surface area contributed by atoms with Crippen molar-refractivity contribution in [2.45, 2.75) is 38.5 Å². The molecule has 1 aliphatic carbocycles. The summed E-state index contributed by atoms with van der Waals surface area (Å²) >= 11 is 0. The summed E-state index contributed by atoms with van der Waals surface area (Å²) in [5.74, 6) is 0.309. The molecule has 0 radical (unpaired) electrons. The molecular formula is C24H24N2O6. The molecule has 0 spiro atoms. The summed E-state index contributed by atoms with van der Waals surface area (Å²) in [5, 5.41) is 11.7. The predicted molar refractivity (Wildman–Crippen MR) is 118 cm³/mol. The minimum atomic E-state index is -0.504. The van der Waals surface area contributed by atoms with Crippen LogP contribution in [-0.4, -0.2) is 30.8 Å². The van der Waals surface area contributed by atoms with E-state index in [1.54, 1.807) is 44.4 Å². The minimum absolute atomic E-state index is 0.000861. The van der Waals surface area contributed by atoms with Crippen LogP contribution in [0.3, 0.4) is 0 Å². The molecule has 0 saturated carbocycles. The normalized spacial score (nSPS) is 18.5. The number of hydrogen-bond donors (Lipinski definition) is 0. The van der Waals surface area contributed by atoms with Gasteiger partial charge in [0.2, 0.25) is 5.91 Å². The highest BCUT2D eigenvalue weighted by Crippen LogP contribution is 2.47. The predicted octanol–water partition coefficient (Wildman–Crippen LogP) is 4.45. The number of nitrogens with zero attached hydrogens (tertiary/aromatic N) is 2. The van der Waals surface area contributed by atoms with Crippen LogP contribution in [0.1, 0.15) is 42.7 Å². The topological polar surface area (TPSA) is 99.0 Å². The van der Waals surface area contributed by atoms with E-state index < -0.39 is 10.8 Å². The van der Waals surface area contributed by atoms with Gasteiger partial charge in [0.15, 0.2) is 5.78 Å². The number of nitro benzene ring substituents is 1. The van der Waals surface area contributed by atoms with Crippen LogP contribution in [0, 0.1) is 17.0 Å². The highest BCUT2D eigenvalue weighted by molar-refractivity contribution is 6.08. The summed E-state index contributed by atoms with van der Waals surface area (Å²) in [5.41, 5.74) is 2.53. The summed E-state index contributed by atoms with van der Waals surface area (Å²) in [6, 6.07) is 10.1. The maximum atomic E-state index is 13.4. The SMILES string of the molecule is COc1ccc(OC)c(C2CC(=O)N(c3ccc(C)cc3[N+](=O)[O-])C3=C2C(=O)CCC3)c1. The van der Waals surface area contributed by atoms with Crippen LogP contribution in [0.2, 0.25) is 0 Å². The number of rotatable bonds is 5. The molecule has 1 amide bonds. The number of carbonyl (C=O) groups is 2. The van der Waals surface area contributed by atoms with Crippen molar-refractivity contribution in [1.82, 2.24) is 0 Å². The summed E-state index contributed by atoms with van der Waals surface area (Å²) in [6.45, 7) is 1.76. The molecule has 4 rings (SSSR count). The number of nitro groups is 1. The smallest absolute Gasteiger partial charge is 0.293 e. The van der Waals surface area contributed by atoms with E-state index >= 15 is 0 Å². The second-order valence-electron chi connectivity index (χ2n) is 7.98. The fourth-order valence-corrected chi connectivity index (χ4v) is 4.62. The van der Waals surface area contributed by atoms with Crippen molar-refractivity contribution < 1.29 is 24.0 Å². The third kappa shape index (κ3) is 3.62. The van der Waals surface area contributed by atoms with E-state index in [9.17, 15) is 19.7 Å². The van der Waals surface area contributed by atoms with E-state index in [2.05, 4.69) is 0 Å². The van der Waals surface area contributed by atoms with Gasteiger partial charge in [0.25, 0.3) is 5.69 Å². The monoisotopic (exact) mass is 436 g/mol. The zero-order valence-electron chi connectivity index (χ0n) is 18.2. The molecule has 0 saturated heterocycles. The van der Waals surface area contributed by atoms with Gasteiger partial charge >= 0.3 is 0 Å². The number of methoxy groups -OCH3 is 2. The third-order valence-corrected chi connectivity index (χ3v) is 6.06. The van der Waals surface area contributed by atoms with Crippen LogP contribution in [0.4, 0.5) is 11.4 Å². The van der Waals surface area contributed by atoms with Gasteiger partial charge in [0.1, 0.15) is 17.2 Å². The van der Waals surface area contributed by atoms with Crippen LogP contribution < -0.4 is 14.4 Å². The number of ketones is 1. The van der Waals surface area contributed by atoms with Crippen molar-refractivity contribution in [3.63, 3.8) is 0 Å². The van der Waals surface area contributed by atoms with Gasteiger partial charge in [-0.25, -0.2) is 0 Å². The lowest BCUT2D eigenvalue weighted by Crippen LogP contribution is -2.41. The Hall–Kier alpha value is -3.68. The Kier molecular flexibility index (Phi) is 5.69. The quantitative estimate of drug-likeness (QED) is 0.507. The highest BCUT2D eigenvalue weighted by Gasteiger charge is 2.42. The van der Waals surface area contributed by atoms with Gasteiger partial charge in [-0.05, 0) is 49.6 Å². The Balaban J connectivity index is 1.93. The lowest BCUT2D eigenvalue weighted by molar-refractivity contribution is -0.384. The molecule has 32 heavy (non-hydrogen) atoms. The van der Waals surface area contributed by atoms with Crippen LogP contribution in [0.25, 0.3) is 0 Å². The largest absolute Gasteiger partial charge is 0.497 e. The summed E-state index contributed by atoms with van der Waals surface area (Å²) in [7, 11) is 3.09. The van der Waals surface area contributed by atoms with Crippen molar-refractivity contribution >= 4 is 23.1 Å². The molecule has 2 aromatic carbocycles. The van der Waals surface area contributed by atoms with E-state index in [1.807, 2.05) is 0 Å². The fourth-order valence-electron chi connectivity index (χ4n) is 4.62. The number of carbonyl (C=O) groups excluding carboxylic acids is 2. The Morgan fingerprint density at radius 1 is 1.06 bits per heavy atom. The molecule has 2 aromatic rings. The number of allylic oxidation sites excluding steroid dienone is 2. The first kappa shape index (κ1) is 21.5. The lowest BCUT2D eigenvalue weighted by atomic mass is 9.76. The molecular weight excluding hydrogens is 412 g/mol. The number of amides is 1. The van der Waals surface area contributed by atoms with Gasteiger partial charge in [0, 0.05) is 41.7 Å². The van der Waals surface area contributed by atoms with Crippen molar-refractivity contribution in [2.24, 2.45) is 0 Å². The van der Waals surface area contributed by atoms with Crippen molar-refractivity contribution in [3.05, 3.63) is 68.9 Å². The number of aryl methyl sites for hydroxylation is 1. The highest BCUT2D eigenvalue weighted by atomic mass is 16.6. The minimum Gasteiger partial charge on any atom is -0.497 e. The number of ether oxygens (including phenoxy) is 2. The first-order valence-corrected chi connectivity index (χ1v) is 10.4. The van der Waals surface area contributed by atoms with Crippen molar-refractivity contribution in [3.8, 4) is 11.5 Å². The molecule has 8 heteroatoms. The molecule has 0 aromatic heterocycles. The molecule has 0 bridgehead atoms. The number of anilines is 1. The van der Waals surface area contributed by atoms with Gasteiger partial charge in [-0.1, -0.05) is 6.07 Å². The van der Waals surface area contributed by atoms with Gasteiger partial charge in [-0.15, -0.1) is 0 Å². The zero-order valence-corrected chi connectivity index (χ0v) is 18.2. The van der Waals surface area contributed by atoms with Crippen molar-refractivity contribution in [1.29, 1.82) is 0 Å². The maximum Gasteiger partial charge on any atom is 0.293 e. The lowest BCUT2D eigenvalue weighted by Gasteiger charge is -2.38. The van der Waals surface area contributed by atoms with E-state index in [0.29, 0.717) is 47.6 Å². The standard InChI is InChI=1S/C24H24N2O6/c1-14-7-9-18(20(11-14)26(29)30)25-19-5-4-6-21(27)24(19)17(13-23(25)28)16-12-15(31-2)8-10-22(16)32-3/h7-12,17H,4-6,13H2,1-3H3. The van der Waals surface area contributed by atoms with Crippen LogP contribution in [-0.2, 0) is 9.59 Å². The molecule has 1 aliphatic heterocycles. The van der Waals surface area contributed by atoms with Gasteiger partial charge in [-0.2, -0.15) is 0 Å². The Morgan fingerprint density at radius 3 is 2.53 bits per heavy atom. The fraction of sp³-hybridized carbons (Fsp3) is 0.333.